The summed E-state index contributed by atoms with van der Waals surface area (Å²) in [4.78, 5) is 2.51. The van der Waals surface area contributed by atoms with Crippen LogP contribution in [-0.2, 0) is 0 Å². The minimum Gasteiger partial charge on any atom is -0.395 e. The van der Waals surface area contributed by atoms with E-state index in [1.54, 1.807) is 0 Å². The lowest BCUT2D eigenvalue weighted by Crippen LogP contribution is -2.54. The molecule has 0 amide bonds. The van der Waals surface area contributed by atoms with Crippen molar-refractivity contribution in [3.05, 3.63) is 0 Å². The molecular formula is C11H22N2O. The van der Waals surface area contributed by atoms with Gasteiger partial charge < -0.3 is 10.8 Å². The molecule has 1 heterocycles. The van der Waals surface area contributed by atoms with Gasteiger partial charge >= 0.3 is 0 Å². The third-order valence-electron chi connectivity index (χ3n) is 3.75. The van der Waals surface area contributed by atoms with Crippen LogP contribution in [0.5, 0.6) is 0 Å². The fraction of sp³-hybridized carbons (Fsp3) is 1.00. The van der Waals surface area contributed by atoms with Crippen molar-refractivity contribution in [2.24, 2.45) is 5.73 Å². The Balaban J connectivity index is 1.91. The van der Waals surface area contributed by atoms with E-state index in [9.17, 15) is 5.11 Å². The van der Waals surface area contributed by atoms with Gasteiger partial charge in [0.15, 0.2) is 0 Å². The van der Waals surface area contributed by atoms with Crippen LogP contribution in [0.3, 0.4) is 0 Å². The van der Waals surface area contributed by atoms with Crippen LogP contribution < -0.4 is 5.73 Å². The summed E-state index contributed by atoms with van der Waals surface area (Å²) in [5.74, 6) is 0. The summed E-state index contributed by atoms with van der Waals surface area (Å²) in [6, 6.07) is 1.50. The topological polar surface area (TPSA) is 49.5 Å². The number of aliphatic hydroxyl groups is 1. The van der Waals surface area contributed by atoms with E-state index < -0.39 is 0 Å². The molecule has 3 N–H and O–H groups in total. The van der Waals surface area contributed by atoms with Gasteiger partial charge in [-0.15, -0.1) is 0 Å². The van der Waals surface area contributed by atoms with E-state index in [1.807, 2.05) is 0 Å². The molecule has 0 radical (unpaired) electrons. The smallest absolute Gasteiger partial charge is 0.0586 e. The molecule has 3 nitrogen and oxygen atoms in total. The second-order valence-electron chi connectivity index (χ2n) is 4.81. The largest absolute Gasteiger partial charge is 0.395 e. The second kappa shape index (κ2) is 4.60. The van der Waals surface area contributed by atoms with E-state index in [4.69, 9.17) is 5.73 Å². The summed E-state index contributed by atoms with van der Waals surface area (Å²) in [5, 5.41) is 9.35. The normalized spacial score (nSPS) is 40.3. The first-order valence-electron chi connectivity index (χ1n) is 5.93. The molecular weight excluding hydrogens is 176 g/mol. The van der Waals surface area contributed by atoms with Crippen molar-refractivity contribution in [2.75, 3.05) is 13.2 Å². The molecule has 3 heteroatoms. The zero-order valence-corrected chi connectivity index (χ0v) is 8.86. The quantitative estimate of drug-likeness (QED) is 0.687. The number of aliphatic hydroxyl groups excluding tert-OH is 1. The maximum Gasteiger partial charge on any atom is 0.0586 e. The molecule has 1 aliphatic heterocycles. The monoisotopic (exact) mass is 198 g/mol. The fourth-order valence-corrected chi connectivity index (χ4v) is 2.78. The van der Waals surface area contributed by atoms with Crippen LogP contribution in [-0.4, -0.2) is 41.3 Å². The predicted octanol–water partition coefficient (Wildman–Crippen LogP) is 0.713. The highest BCUT2D eigenvalue weighted by atomic mass is 16.3. The lowest BCUT2D eigenvalue weighted by molar-refractivity contribution is 0.0400. The van der Waals surface area contributed by atoms with E-state index >= 15 is 0 Å². The van der Waals surface area contributed by atoms with Crippen LogP contribution in [0.1, 0.15) is 38.5 Å². The van der Waals surface area contributed by atoms with Gasteiger partial charge in [-0.25, -0.2) is 0 Å². The highest BCUT2D eigenvalue weighted by molar-refractivity contribution is 4.92. The molecule has 1 saturated carbocycles. The van der Waals surface area contributed by atoms with Gasteiger partial charge in [-0.2, -0.15) is 0 Å². The van der Waals surface area contributed by atoms with Crippen molar-refractivity contribution in [1.29, 1.82) is 0 Å². The number of nitrogens with two attached hydrogens (primary N) is 1. The molecule has 2 aliphatic rings. The Hall–Kier alpha value is -0.120. The molecule has 2 rings (SSSR count). The van der Waals surface area contributed by atoms with Crippen molar-refractivity contribution >= 4 is 0 Å². The number of hydrogen-bond acceptors (Lipinski definition) is 3. The highest BCUT2D eigenvalue weighted by Crippen LogP contribution is 2.29. The average Bonchev–Trinajstić information content (AvgIpc) is 2.37. The first-order valence-corrected chi connectivity index (χ1v) is 5.93. The lowest BCUT2D eigenvalue weighted by atomic mass is 9.85. The predicted molar refractivity (Wildman–Crippen MR) is 57.0 cm³/mol. The minimum absolute atomic E-state index is 0.325. The van der Waals surface area contributed by atoms with E-state index in [-0.39, 0.29) is 0 Å². The summed E-state index contributed by atoms with van der Waals surface area (Å²) in [5.41, 5.74) is 5.81. The molecule has 0 bridgehead atoms. The van der Waals surface area contributed by atoms with Gasteiger partial charge in [0.2, 0.25) is 0 Å². The van der Waals surface area contributed by atoms with Crippen LogP contribution in [0, 0.1) is 0 Å². The van der Waals surface area contributed by atoms with E-state index in [1.165, 1.54) is 32.2 Å². The third kappa shape index (κ3) is 2.10. The summed E-state index contributed by atoms with van der Waals surface area (Å²) in [7, 11) is 0. The fourth-order valence-electron chi connectivity index (χ4n) is 2.78. The Bertz CT molecular complexity index is 180. The van der Waals surface area contributed by atoms with Gasteiger partial charge in [-0.1, -0.05) is 12.8 Å². The maximum atomic E-state index is 9.35. The third-order valence-corrected chi connectivity index (χ3v) is 3.75. The average molecular weight is 198 g/mol. The number of hydrogen-bond donors (Lipinski definition) is 2. The summed E-state index contributed by atoms with van der Waals surface area (Å²) < 4.78 is 0. The van der Waals surface area contributed by atoms with Gasteiger partial charge in [-0.05, 0) is 32.2 Å². The second-order valence-corrected chi connectivity index (χ2v) is 4.81. The molecule has 1 atom stereocenters. The Morgan fingerprint density at radius 2 is 2.00 bits per heavy atom. The van der Waals surface area contributed by atoms with Crippen molar-refractivity contribution in [3.63, 3.8) is 0 Å². The van der Waals surface area contributed by atoms with Gasteiger partial charge in [0.25, 0.3) is 0 Å². The maximum absolute atomic E-state index is 9.35. The Morgan fingerprint density at radius 1 is 1.21 bits per heavy atom. The molecule has 14 heavy (non-hydrogen) atoms. The molecule has 1 saturated heterocycles. The molecule has 2 fully saturated rings. The van der Waals surface area contributed by atoms with Crippen LogP contribution in [0.15, 0.2) is 0 Å². The number of nitrogens with zero attached hydrogens (tertiary/aromatic N) is 1. The lowest BCUT2D eigenvalue weighted by Gasteiger charge is -2.44. The molecule has 1 unspecified atom stereocenters. The van der Waals surface area contributed by atoms with Crippen LogP contribution in [0.4, 0.5) is 0 Å². The highest BCUT2D eigenvalue weighted by Gasteiger charge is 2.34. The van der Waals surface area contributed by atoms with Crippen LogP contribution in [0.25, 0.3) is 0 Å². The number of likely N-dealkylation sites (tertiary alicyclic amines) is 1. The van der Waals surface area contributed by atoms with Gasteiger partial charge in [0, 0.05) is 18.1 Å². The van der Waals surface area contributed by atoms with E-state index in [2.05, 4.69) is 4.90 Å². The Labute approximate surface area is 86.3 Å². The van der Waals surface area contributed by atoms with Crippen LogP contribution >= 0.6 is 0 Å². The van der Waals surface area contributed by atoms with Crippen molar-refractivity contribution in [3.8, 4) is 0 Å². The van der Waals surface area contributed by atoms with E-state index in [0.717, 1.165) is 12.8 Å². The van der Waals surface area contributed by atoms with Crippen LogP contribution in [0.2, 0.25) is 0 Å². The Morgan fingerprint density at radius 3 is 2.64 bits per heavy atom. The zero-order chi connectivity index (χ0) is 9.97. The molecule has 0 aromatic heterocycles. The molecule has 0 spiro atoms. The van der Waals surface area contributed by atoms with Crippen molar-refractivity contribution < 1.29 is 5.11 Å². The van der Waals surface area contributed by atoms with Gasteiger partial charge in [0.05, 0.1) is 6.61 Å². The van der Waals surface area contributed by atoms with Crippen molar-refractivity contribution in [1.82, 2.24) is 4.90 Å². The van der Waals surface area contributed by atoms with E-state index in [0.29, 0.717) is 24.7 Å². The SMILES string of the molecule is NC1CC(N2CCCCCC2CO)C1. The molecule has 0 aromatic carbocycles. The standard InChI is InChI=1S/C11H22N2O/c12-9-6-11(7-9)13-5-3-1-2-4-10(13)8-14/h9-11,14H,1-8,12H2. The molecule has 1 aliphatic carbocycles. The summed E-state index contributed by atoms with van der Waals surface area (Å²) >= 11 is 0. The Kier molecular flexibility index (Phi) is 3.42. The molecule has 0 aromatic rings. The number of rotatable bonds is 2. The van der Waals surface area contributed by atoms with Crippen molar-refractivity contribution in [2.45, 2.75) is 56.7 Å². The first-order chi connectivity index (χ1) is 6.81. The van der Waals surface area contributed by atoms with Gasteiger partial charge in [0.1, 0.15) is 0 Å². The summed E-state index contributed by atoms with van der Waals surface area (Å²) in [6.07, 6.45) is 7.34. The first kappa shape index (κ1) is 10.4. The zero-order valence-electron chi connectivity index (χ0n) is 8.86. The van der Waals surface area contributed by atoms with Gasteiger partial charge in [-0.3, -0.25) is 4.90 Å². The summed E-state index contributed by atoms with van der Waals surface area (Å²) in [6.45, 7) is 1.49. The minimum atomic E-state index is 0.325. The molecule has 82 valence electrons.